The summed E-state index contributed by atoms with van der Waals surface area (Å²) in [6.45, 7) is 4.03. The second kappa shape index (κ2) is 19.4. The molecule has 1 aromatic carbocycles. The van der Waals surface area contributed by atoms with Gasteiger partial charge in [-0.15, -0.1) is 0 Å². The number of ether oxygens (including phenoxy) is 1. The van der Waals surface area contributed by atoms with Crippen molar-refractivity contribution < 1.29 is 4.74 Å². The normalized spacial score (nSPS) is 11.7. The van der Waals surface area contributed by atoms with Crippen LogP contribution in [0.15, 0.2) is 54.6 Å². The molecule has 0 aliphatic carbocycles. The molecule has 0 aliphatic heterocycles. The van der Waals surface area contributed by atoms with Crippen molar-refractivity contribution in [3.63, 3.8) is 0 Å². The zero-order chi connectivity index (χ0) is 19.3. The van der Waals surface area contributed by atoms with Gasteiger partial charge in [0.15, 0.2) is 0 Å². The zero-order valence-electron chi connectivity index (χ0n) is 17.7. The summed E-state index contributed by atoms with van der Waals surface area (Å²) >= 11 is 0. The maximum atomic E-state index is 5.74. The highest BCUT2D eigenvalue weighted by Gasteiger charge is 1.94. The molecule has 152 valence electrons. The van der Waals surface area contributed by atoms with Crippen LogP contribution in [0.2, 0.25) is 0 Å². The maximum absolute atomic E-state index is 5.74. The number of benzene rings is 1. The van der Waals surface area contributed by atoms with E-state index in [0.717, 1.165) is 26.1 Å². The lowest BCUT2D eigenvalue weighted by molar-refractivity contribution is 0.133. The Bertz CT molecular complexity index is 460. The van der Waals surface area contributed by atoms with E-state index in [0.29, 0.717) is 0 Å². The van der Waals surface area contributed by atoms with Crippen LogP contribution in [0.4, 0.5) is 0 Å². The van der Waals surface area contributed by atoms with Crippen LogP contribution in [0, 0.1) is 0 Å². The van der Waals surface area contributed by atoms with E-state index >= 15 is 0 Å². The van der Waals surface area contributed by atoms with Gasteiger partial charge in [-0.05, 0) is 50.5 Å². The van der Waals surface area contributed by atoms with Gasteiger partial charge in [-0.2, -0.15) is 0 Å². The molecule has 0 N–H and O–H groups in total. The highest BCUT2D eigenvalue weighted by atomic mass is 16.5. The van der Waals surface area contributed by atoms with Crippen molar-refractivity contribution in [2.75, 3.05) is 13.2 Å². The highest BCUT2D eigenvalue weighted by Crippen LogP contribution is 2.08. The lowest BCUT2D eigenvalue weighted by atomic mass is 10.1. The Balaban J connectivity index is 1.75. The fourth-order valence-electron chi connectivity index (χ4n) is 3.13. The highest BCUT2D eigenvalue weighted by molar-refractivity contribution is 5.14. The summed E-state index contributed by atoms with van der Waals surface area (Å²) in [5, 5.41) is 0. The fraction of sp³-hybridized carbons (Fsp3) is 0.615. The lowest BCUT2D eigenvalue weighted by Gasteiger charge is -2.04. The van der Waals surface area contributed by atoms with Gasteiger partial charge in [-0.3, -0.25) is 0 Å². The van der Waals surface area contributed by atoms with Gasteiger partial charge in [0.2, 0.25) is 0 Å². The van der Waals surface area contributed by atoms with E-state index in [1.54, 1.807) is 0 Å². The Kier molecular flexibility index (Phi) is 17.0. The first kappa shape index (κ1) is 23.7. The van der Waals surface area contributed by atoms with E-state index in [2.05, 4.69) is 61.6 Å². The van der Waals surface area contributed by atoms with Crippen LogP contribution >= 0.6 is 0 Å². The van der Waals surface area contributed by atoms with E-state index in [1.807, 2.05) is 0 Å². The monoisotopic (exact) mass is 370 g/mol. The predicted octanol–water partition coefficient (Wildman–Crippen LogP) is 8.06. The van der Waals surface area contributed by atoms with Crippen LogP contribution in [0.1, 0.15) is 89.5 Å². The number of hydrogen-bond acceptors (Lipinski definition) is 1. The first-order valence-corrected chi connectivity index (χ1v) is 11.3. The molecular formula is C26H42O. The zero-order valence-corrected chi connectivity index (χ0v) is 17.7. The van der Waals surface area contributed by atoms with Gasteiger partial charge in [0.1, 0.15) is 0 Å². The third-order valence-electron chi connectivity index (χ3n) is 4.87. The van der Waals surface area contributed by atoms with Crippen LogP contribution in [0.5, 0.6) is 0 Å². The Morgan fingerprint density at radius 3 is 2.00 bits per heavy atom. The SMILES string of the molecule is CCCCC/C=C\C/C=C\CCCCCCCCOCCc1ccccc1. The molecular weight excluding hydrogens is 328 g/mol. The van der Waals surface area contributed by atoms with Crippen LogP contribution in [0.25, 0.3) is 0 Å². The Morgan fingerprint density at radius 1 is 0.667 bits per heavy atom. The minimum Gasteiger partial charge on any atom is -0.381 e. The van der Waals surface area contributed by atoms with Crippen molar-refractivity contribution in [2.45, 2.75) is 90.4 Å². The number of unbranched alkanes of at least 4 members (excludes halogenated alkanes) is 9. The van der Waals surface area contributed by atoms with Crippen molar-refractivity contribution in [1.82, 2.24) is 0 Å². The molecule has 0 atom stereocenters. The minimum atomic E-state index is 0.851. The minimum absolute atomic E-state index is 0.851. The van der Waals surface area contributed by atoms with Crippen molar-refractivity contribution in [2.24, 2.45) is 0 Å². The van der Waals surface area contributed by atoms with Crippen molar-refractivity contribution in [3.05, 3.63) is 60.2 Å². The summed E-state index contributed by atoms with van der Waals surface area (Å²) in [4.78, 5) is 0. The van der Waals surface area contributed by atoms with E-state index in [9.17, 15) is 0 Å². The number of rotatable bonds is 18. The molecule has 0 spiro atoms. The Labute approximate surface area is 168 Å². The lowest BCUT2D eigenvalue weighted by Crippen LogP contribution is -2.00. The van der Waals surface area contributed by atoms with Gasteiger partial charge in [0.05, 0.1) is 6.61 Å². The summed E-state index contributed by atoms with van der Waals surface area (Å²) in [5.41, 5.74) is 1.37. The van der Waals surface area contributed by atoms with Gasteiger partial charge in [0.25, 0.3) is 0 Å². The molecule has 0 heterocycles. The smallest absolute Gasteiger partial charge is 0.0506 e. The third kappa shape index (κ3) is 16.6. The average molecular weight is 371 g/mol. The van der Waals surface area contributed by atoms with E-state index < -0.39 is 0 Å². The van der Waals surface area contributed by atoms with Gasteiger partial charge >= 0.3 is 0 Å². The van der Waals surface area contributed by atoms with Crippen molar-refractivity contribution >= 4 is 0 Å². The second-order valence-corrected chi connectivity index (χ2v) is 7.43. The van der Waals surface area contributed by atoms with Crippen LogP contribution < -0.4 is 0 Å². The predicted molar refractivity (Wildman–Crippen MR) is 120 cm³/mol. The molecule has 27 heavy (non-hydrogen) atoms. The Hall–Kier alpha value is -1.34. The second-order valence-electron chi connectivity index (χ2n) is 7.43. The third-order valence-corrected chi connectivity index (χ3v) is 4.87. The van der Waals surface area contributed by atoms with Gasteiger partial charge < -0.3 is 4.74 Å². The molecule has 0 amide bonds. The maximum Gasteiger partial charge on any atom is 0.0506 e. The molecule has 0 aliphatic rings. The summed E-state index contributed by atoms with van der Waals surface area (Å²) < 4.78 is 5.74. The first-order chi connectivity index (χ1) is 13.4. The molecule has 0 saturated carbocycles. The van der Waals surface area contributed by atoms with Gasteiger partial charge in [-0.25, -0.2) is 0 Å². The van der Waals surface area contributed by atoms with Gasteiger partial charge in [-0.1, -0.05) is 100 Å². The number of hydrogen-bond donors (Lipinski definition) is 0. The van der Waals surface area contributed by atoms with Crippen molar-refractivity contribution in [1.29, 1.82) is 0 Å². The average Bonchev–Trinajstić information content (AvgIpc) is 2.70. The molecule has 1 heteroatoms. The standard InChI is InChI=1S/C26H42O/c1-2-3-4-5-6-7-8-9-10-11-12-13-14-15-16-20-24-27-25-23-26-21-18-17-19-22-26/h6-7,9-10,17-19,21-22H,2-5,8,11-16,20,23-25H2,1H3/b7-6-,10-9-. The fourth-order valence-corrected chi connectivity index (χ4v) is 3.13. The van der Waals surface area contributed by atoms with E-state index in [1.165, 1.54) is 76.2 Å². The quantitative estimate of drug-likeness (QED) is 0.187. The van der Waals surface area contributed by atoms with E-state index in [4.69, 9.17) is 4.74 Å². The largest absolute Gasteiger partial charge is 0.381 e. The molecule has 1 nitrogen and oxygen atoms in total. The molecule has 0 aromatic heterocycles. The summed E-state index contributed by atoms with van der Waals surface area (Å²) in [5.74, 6) is 0. The molecule has 1 rings (SSSR count). The summed E-state index contributed by atoms with van der Waals surface area (Å²) in [6, 6.07) is 10.6. The van der Waals surface area contributed by atoms with Crippen LogP contribution in [-0.2, 0) is 11.2 Å². The summed E-state index contributed by atoms with van der Waals surface area (Å²) in [6.07, 6.45) is 25.9. The van der Waals surface area contributed by atoms with Crippen molar-refractivity contribution in [3.8, 4) is 0 Å². The molecule has 1 aromatic rings. The topological polar surface area (TPSA) is 9.23 Å². The molecule has 0 bridgehead atoms. The number of allylic oxidation sites excluding steroid dienone is 4. The summed E-state index contributed by atoms with van der Waals surface area (Å²) in [7, 11) is 0. The molecule has 0 unspecified atom stereocenters. The van der Waals surface area contributed by atoms with E-state index in [-0.39, 0.29) is 0 Å². The molecule has 0 fully saturated rings. The van der Waals surface area contributed by atoms with Gasteiger partial charge in [0, 0.05) is 6.61 Å². The Morgan fingerprint density at radius 2 is 1.30 bits per heavy atom. The molecule has 0 radical (unpaired) electrons. The first-order valence-electron chi connectivity index (χ1n) is 11.3. The van der Waals surface area contributed by atoms with Crippen LogP contribution in [0.3, 0.4) is 0 Å². The molecule has 0 saturated heterocycles. The van der Waals surface area contributed by atoms with Crippen LogP contribution in [-0.4, -0.2) is 13.2 Å².